The molecule has 0 unspecified atom stereocenters. The highest BCUT2D eigenvalue weighted by molar-refractivity contribution is 5.78. The maximum absolute atomic E-state index is 12.2. The summed E-state index contributed by atoms with van der Waals surface area (Å²) in [4.78, 5) is 20.7. The van der Waals surface area contributed by atoms with Gasteiger partial charge in [-0.05, 0) is 25.0 Å². The van der Waals surface area contributed by atoms with Gasteiger partial charge in [-0.2, -0.15) is 5.26 Å². The number of nitriles is 1. The fraction of sp³-hybridized carbons (Fsp3) is 0.611. The van der Waals surface area contributed by atoms with Crippen LogP contribution in [0.2, 0.25) is 0 Å². The Morgan fingerprint density at radius 1 is 1.25 bits per heavy atom. The molecule has 1 saturated carbocycles. The van der Waals surface area contributed by atoms with Gasteiger partial charge in [0.15, 0.2) is 0 Å². The summed E-state index contributed by atoms with van der Waals surface area (Å²) in [5.41, 5.74) is 1.48. The number of hydrogen-bond donors (Lipinski definition) is 1. The highest BCUT2D eigenvalue weighted by Crippen LogP contribution is 2.18. The maximum atomic E-state index is 12.2. The zero-order valence-electron chi connectivity index (χ0n) is 14.1. The van der Waals surface area contributed by atoms with Crippen molar-refractivity contribution in [3.63, 3.8) is 0 Å². The van der Waals surface area contributed by atoms with E-state index in [1.165, 1.54) is 19.3 Å². The number of carbonyl (C=O) groups excluding carboxylic acids is 1. The summed E-state index contributed by atoms with van der Waals surface area (Å²) in [5.74, 6) is 0.158. The molecule has 0 spiro atoms. The monoisotopic (exact) mass is 327 g/mol. The van der Waals surface area contributed by atoms with Crippen molar-refractivity contribution < 1.29 is 4.79 Å². The van der Waals surface area contributed by atoms with Gasteiger partial charge in [0.1, 0.15) is 11.8 Å². The van der Waals surface area contributed by atoms with E-state index in [9.17, 15) is 4.79 Å². The van der Waals surface area contributed by atoms with Crippen LogP contribution in [0.1, 0.15) is 37.8 Å². The number of rotatable bonds is 4. The average Bonchev–Trinajstić information content (AvgIpc) is 2.63. The molecule has 6 nitrogen and oxygen atoms in total. The molecule has 1 amide bonds. The summed E-state index contributed by atoms with van der Waals surface area (Å²) in [5, 5.41) is 12.1. The Morgan fingerprint density at radius 2 is 2.00 bits per heavy atom. The number of nitrogens with one attached hydrogen (secondary N) is 1. The first kappa shape index (κ1) is 16.7. The van der Waals surface area contributed by atoms with E-state index in [2.05, 4.69) is 26.2 Å². The van der Waals surface area contributed by atoms with Gasteiger partial charge < -0.3 is 10.2 Å². The quantitative estimate of drug-likeness (QED) is 0.908. The number of amides is 1. The molecule has 2 fully saturated rings. The van der Waals surface area contributed by atoms with Crippen molar-refractivity contribution in [3.8, 4) is 6.07 Å². The van der Waals surface area contributed by atoms with Crippen LogP contribution >= 0.6 is 0 Å². The van der Waals surface area contributed by atoms with E-state index in [0.29, 0.717) is 18.3 Å². The Bertz CT molecular complexity index is 598. The van der Waals surface area contributed by atoms with Crippen molar-refractivity contribution in [1.29, 1.82) is 5.26 Å². The highest BCUT2D eigenvalue weighted by atomic mass is 16.2. The molecule has 1 saturated heterocycles. The molecule has 2 aliphatic rings. The zero-order valence-corrected chi connectivity index (χ0v) is 14.1. The molecule has 6 heteroatoms. The highest BCUT2D eigenvalue weighted by Gasteiger charge is 2.21. The lowest BCUT2D eigenvalue weighted by Gasteiger charge is -2.36. The number of nitrogens with zero attached hydrogens (tertiary/aromatic N) is 4. The van der Waals surface area contributed by atoms with E-state index in [0.717, 1.165) is 44.7 Å². The predicted molar refractivity (Wildman–Crippen MR) is 92.6 cm³/mol. The first-order valence-electron chi connectivity index (χ1n) is 8.87. The molecule has 1 aliphatic heterocycles. The van der Waals surface area contributed by atoms with Crippen molar-refractivity contribution in [3.05, 3.63) is 24.0 Å². The van der Waals surface area contributed by atoms with E-state index >= 15 is 0 Å². The topological polar surface area (TPSA) is 72.3 Å². The van der Waals surface area contributed by atoms with Gasteiger partial charge in [-0.1, -0.05) is 19.3 Å². The van der Waals surface area contributed by atoms with Gasteiger partial charge in [0.2, 0.25) is 5.91 Å². The fourth-order valence-corrected chi connectivity index (χ4v) is 3.56. The Hall–Kier alpha value is -2.13. The van der Waals surface area contributed by atoms with Crippen molar-refractivity contribution in [2.24, 2.45) is 0 Å². The van der Waals surface area contributed by atoms with Gasteiger partial charge in [-0.15, -0.1) is 0 Å². The number of anilines is 1. The standard InChI is InChI=1S/C18H25N5O/c19-13-16-12-17(6-7-20-16)23-10-8-22(9-11-23)14-18(24)21-15-4-2-1-3-5-15/h6-7,12,15H,1-5,8-11,14H2,(H,21,24). The SMILES string of the molecule is N#Cc1cc(N2CCN(CC(=O)NC3CCCCC3)CC2)ccn1. The maximum Gasteiger partial charge on any atom is 0.234 e. The molecule has 1 aliphatic carbocycles. The summed E-state index contributed by atoms with van der Waals surface area (Å²) in [6.07, 6.45) is 7.71. The van der Waals surface area contributed by atoms with Gasteiger partial charge in [-0.25, -0.2) is 4.98 Å². The third kappa shape index (κ3) is 4.45. The Balaban J connectivity index is 1.44. The van der Waals surface area contributed by atoms with Crippen molar-refractivity contribution in [2.45, 2.75) is 38.1 Å². The van der Waals surface area contributed by atoms with E-state index in [4.69, 9.17) is 5.26 Å². The molecule has 1 N–H and O–H groups in total. The molecular weight excluding hydrogens is 302 g/mol. The molecule has 24 heavy (non-hydrogen) atoms. The van der Waals surface area contributed by atoms with Crippen molar-refractivity contribution in [1.82, 2.24) is 15.2 Å². The van der Waals surface area contributed by atoms with E-state index in [1.807, 2.05) is 12.1 Å². The molecular formula is C18H25N5O. The Morgan fingerprint density at radius 3 is 2.71 bits per heavy atom. The molecule has 0 bridgehead atoms. The lowest BCUT2D eigenvalue weighted by Crippen LogP contribution is -2.50. The van der Waals surface area contributed by atoms with Crippen LogP contribution in [0, 0.1) is 11.3 Å². The van der Waals surface area contributed by atoms with Crippen LogP contribution < -0.4 is 10.2 Å². The van der Waals surface area contributed by atoms with Crippen molar-refractivity contribution >= 4 is 11.6 Å². The van der Waals surface area contributed by atoms with E-state index in [1.54, 1.807) is 6.20 Å². The molecule has 1 aromatic heterocycles. The lowest BCUT2D eigenvalue weighted by atomic mass is 9.95. The third-order valence-corrected chi connectivity index (χ3v) is 4.93. The zero-order chi connectivity index (χ0) is 16.8. The van der Waals surface area contributed by atoms with Gasteiger partial charge >= 0.3 is 0 Å². The van der Waals surface area contributed by atoms with E-state index in [-0.39, 0.29) is 5.91 Å². The second kappa shape index (κ2) is 8.11. The minimum absolute atomic E-state index is 0.158. The van der Waals surface area contributed by atoms with Crippen molar-refractivity contribution in [2.75, 3.05) is 37.6 Å². The number of pyridine rings is 1. The van der Waals surface area contributed by atoms with Crippen LogP contribution in [0.15, 0.2) is 18.3 Å². The predicted octanol–water partition coefficient (Wildman–Crippen LogP) is 1.52. The summed E-state index contributed by atoms with van der Waals surface area (Å²) in [6, 6.07) is 6.22. The number of aromatic nitrogens is 1. The van der Waals surface area contributed by atoms with Gasteiger partial charge in [0.05, 0.1) is 6.54 Å². The molecule has 0 atom stereocenters. The molecule has 0 aromatic carbocycles. The van der Waals surface area contributed by atoms with Gasteiger partial charge in [0.25, 0.3) is 0 Å². The molecule has 0 radical (unpaired) electrons. The van der Waals surface area contributed by atoms with Crippen LogP contribution in [-0.2, 0) is 4.79 Å². The van der Waals surface area contributed by atoms with E-state index < -0.39 is 0 Å². The number of hydrogen-bond acceptors (Lipinski definition) is 5. The summed E-state index contributed by atoms with van der Waals surface area (Å²) in [6.45, 7) is 3.95. The molecule has 128 valence electrons. The normalized spacial score (nSPS) is 19.7. The smallest absolute Gasteiger partial charge is 0.234 e. The summed E-state index contributed by atoms with van der Waals surface area (Å²) in [7, 11) is 0. The molecule has 1 aromatic rings. The minimum atomic E-state index is 0.158. The second-order valence-electron chi connectivity index (χ2n) is 6.68. The minimum Gasteiger partial charge on any atom is -0.369 e. The number of carbonyl (C=O) groups is 1. The first-order valence-corrected chi connectivity index (χ1v) is 8.87. The Labute approximate surface area is 143 Å². The number of piperazine rings is 1. The van der Waals surface area contributed by atoms with Crippen LogP contribution in [0.25, 0.3) is 0 Å². The molecule has 3 rings (SSSR count). The summed E-state index contributed by atoms with van der Waals surface area (Å²) < 4.78 is 0. The third-order valence-electron chi connectivity index (χ3n) is 4.93. The second-order valence-corrected chi connectivity index (χ2v) is 6.68. The lowest BCUT2D eigenvalue weighted by molar-refractivity contribution is -0.123. The van der Waals surface area contributed by atoms with Gasteiger partial charge in [-0.3, -0.25) is 9.69 Å². The van der Waals surface area contributed by atoms with Crippen LogP contribution in [0.4, 0.5) is 5.69 Å². The van der Waals surface area contributed by atoms with Crippen LogP contribution in [0.3, 0.4) is 0 Å². The first-order chi connectivity index (χ1) is 11.7. The van der Waals surface area contributed by atoms with Crippen LogP contribution in [0.5, 0.6) is 0 Å². The summed E-state index contributed by atoms with van der Waals surface area (Å²) >= 11 is 0. The largest absolute Gasteiger partial charge is 0.369 e. The van der Waals surface area contributed by atoms with Gasteiger partial charge in [0, 0.05) is 44.1 Å². The molecule has 2 heterocycles. The average molecular weight is 327 g/mol. The van der Waals surface area contributed by atoms with Crippen LogP contribution in [-0.4, -0.2) is 54.6 Å². The fourth-order valence-electron chi connectivity index (χ4n) is 3.56. The Kier molecular flexibility index (Phi) is 5.65.